The van der Waals surface area contributed by atoms with E-state index < -0.39 is 5.91 Å². The molecule has 0 radical (unpaired) electrons. The fourth-order valence-electron chi connectivity index (χ4n) is 0.958. The molecule has 0 aliphatic heterocycles. The number of carbonyl (C=O) groups is 1. The summed E-state index contributed by atoms with van der Waals surface area (Å²) in [7, 11) is 0. The van der Waals surface area contributed by atoms with E-state index in [1.807, 2.05) is 0 Å². The minimum absolute atomic E-state index is 0.203. The molecular formula is C8H14N4OS. The van der Waals surface area contributed by atoms with E-state index in [1.165, 1.54) is 0 Å². The summed E-state index contributed by atoms with van der Waals surface area (Å²) in [6.45, 7) is 4.91. The van der Waals surface area contributed by atoms with Crippen LogP contribution in [0, 0.1) is 5.92 Å². The Balaban J connectivity index is 2.81. The van der Waals surface area contributed by atoms with E-state index in [0.717, 1.165) is 18.1 Å². The summed E-state index contributed by atoms with van der Waals surface area (Å²) < 4.78 is 3.87. The molecule has 0 saturated heterocycles. The summed E-state index contributed by atoms with van der Waals surface area (Å²) in [6.07, 6.45) is 0. The first kappa shape index (κ1) is 10.8. The van der Waals surface area contributed by atoms with Gasteiger partial charge in [-0.15, -0.1) is 0 Å². The van der Waals surface area contributed by atoms with E-state index in [2.05, 4.69) is 23.5 Å². The molecule has 0 saturated carbocycles. The van der Waals surface area contributed by atoms with Crippen molar-refractivity contribution in [2.45, 2.75) is 13.8 Å². The number of carbonyl (C=O) groups excluding carboxylic acids is 1. The summed E-state index contributed by atoms with van der Waals surface area (Å²) in [4.78, 5) is 11.0. The molecule has 1 amide bonds. The lowest BCUT2D eigenvalue weighted by Gasteiger charge is -2.07. The van der Waals surface area contributed by atoms with Crippen molar-refractivity contribution in [3.8, 4) is 0 Å². The van der Waals surface area contributed by atoms with Crippen molar-refractivity contribution in [3.05, 3.63) is 5.56 Å². The SMILES string of the molecule is CC(C)CNc1snc(N)c1C(N)=O. The van der Waals surface area contributed by atoms with Crippen LogP contribution in [0.2, 0.25) is 0 Å². The Bertz CT molecular complexity index is 334. The zero-order valence-electron chi connectivity index (χ0n) is 8.20. The lowest BCUT2D eigenvalue weighted by molar-refractivity contribution is 0.100. The van der Waals surface area contributed by atoms with Gasteiger partial charge in [0.05, 0.1) is 0 Å². The van der Waals surface area contributed by atoms with Gasteiger partial charge in [0.15, 0.2) is 5.82 Å². The minimum Gasteiger partial charge on any atom is -0.382 e. The third-order valence-corrected chi connectivity index (χ3v) is 2.45. The van der Waals surface area contributed by atoms with Gasteiger partial charge >= 0.3 is 0 Å². The molecule has 0 atom stereocenters. The fraction of sp³-hybridized carbons (Fsp3) is 0.500. The molecule has 0 bridgehead atoms. The van der Waals surface area contributed by atoms with Crippen molar-refractivity contribution in [2.75, 3.05) is 17.6 Å². The topological polar surface area (TPSA) is 94.0 Å². The van der Waals surface area contributed by atoms with Crippen LogP contribution in [0.25, 0.3) is 0 Å². The molecule has 1 rings (SSSR count). The predicted molar refractivity (Wildman–Crippen MR) is 58.4 cm³/mol. The van der Waals surface area contributed by atoms with Crippen molar-refractivity contribution in [2.24, 2.45) is 11.7 Å². The zero-order valence-corrected chi connectivity index (χ0v) is 9.02. The summed E-state index contributed by atoms with van der Waals surface area (Å²) in [5.74, 6) is 0.148. The molecule has 0 aromatic carbocycles. The molecule has 0 aliphatic carbocycles. The maximum Gasteiger partial charge on any atom is 0.255 e. The highest BCUT2D eigenvalue weighted by Crippen LogP contribution is 2.26. The van der Waals surface area contributed by atoms with Gasteiger partial charge in [0.25, 0.3) is 5.91 Å². The highest BCUT2D eigenvalue weighted by Gasteiger charge is 2.16. The molecule has 1 aromatic rings. The Hall–Kier alpha value is -1.30. The van der Waals surface area contributed by atoms with Gasteiger partial charge in [-0.2, -0.15) is 4.37 Å². The number of nitrogens with zero attached hydrogens (tertiary/aromatic N) is 1. The Morgan fingerprint density at radius 3 is 2.79 bits per heavy atom. The first-order valence-corrected chi connectivity index (χ1v) is 5.08. The molecule has 0 unspecified atom stereocenters. The summed E-state index contributed by atoms with van der Waals surface area (Å²) in [5, 5.41) is 3.75. The van der Waals surface area contributed by atoms with Crippen LogP contribution in [0.4, 0.5) is 10.8 Å². The van der Waals surface area contributed by atoms with Gasteiger partial charge in [0.1, 0.15) is 10.6 Å². The number of nitrogen functional groups attached to an aromatic ring is 1. The molecule has 6 heteroatoms. The number of nitrogens with one attached hydrogen (secondary N) is 1. The Kier molecular flexibility index (Phi) is 3.29. The molecule has 1 aromatic heterocycles. The quantitative estimate of drug-likeness (QED) is 0.693. The van der Waals surface area contributed by atoms with E-state index in [9.17, 15) is 4.79 Å². The van der Waals surface area contributed by atoms with Crippen LogP contribution < -0.4 is 16.8 Å². The first-order valence-electron chi connectivity index (χ1n) is 4.31. The molecule has 78 valence electrons. The average Bonchev–Trinajstić information content (AvgIpc) is 2.43. The average molecular weight is 214 g/mol. The van der Waals surface area contributed by atoms with E-state index in [1.54, 1.807) is 0 Å². The third kappa shape index (κ3) is 2.35. The van der Waals surface area contributed by atoms with Crippen LogP contribution in [-0.4, -0.2) is 16.8 Å². The van der Waals surface area contributed by atoms with Crippen molar-refractivity contribution in [3.63, 3.8) is 0 Å². The van der Waals surface area contributed by atoms with Gasteiger partial charge < -0.3 is 16.8 Å². The normalized spacial score (nSPS) is 10.5. The molecule has 0 aliphatic rings. The van der Waals surface area contributed by atoms with Crippen molar-refractivity contribution in [1.82, 2.24) is 4.37 Å². The first-order chi connectivity index (χ1) is 6.52. The maximum atomic E-state index is 11.0. The smallest absolute Gasteiger partial charge is 0.255 e. The monoisotopic (exact) mass is 214 g/mol. The lowest BCUT2D eigenvalue weighted by Crippen LogP contribution is -2.16. The summed E-state index contributed by atoms with van der Waals surface area (Å²) >= 11 is 1.16. The molecule has 1 heterocycles. The van der Waals surface area contributed by atoms with Crippen molar-refractivity contribution < 1.29 is 4.79 Å². The van der Waals surface area contributed by atoms with Gasteiger partial charge in [-0.3, -0.25) is 4.79 Å². The molecule has 0 fully saturated rings. The van der Waals surface area contributed by atoms with Gasteiger partial charge in [0, 0.05) is 6.54 Å². The molecule has 0 spiro atoms. The largest absolute Gasteiger partial charge is 0.382 e. The van der Waals surface area contributed by atoms with Crippen LogP contribution in [0.5, 0.6) is 0 Å². The highest BCUT2D eigenvalue weighted by molar-refractivity contribution is 7.11. The number of nitrogens with two attached hydrogens (primary N) is 2. The van der Waals surface area contributed by atoms with Crippen molar-refractivity contribution >= 4 is 28.3 Å². The molecule has 5 nitrogen and oxygen atoms in total. The number of hydrogen-bond donors (Lipinski definition) is 3. The zero-order chi connectivity index (χ0) is 10.7. The summed E-state index contributed by atoms with van der Waals surface area (Å²) in [5.41, 5.74) is 11.0. The Morgan fingerprint density at radius 2 is 2.29 bits per heavy atom. The Labute approximate surface area is 86.6 Å². The Morgan fingerprint density at radius 1 is 1.64 bits per heavy atom. The van der Waals surface area contributed by atoms with Crippen LogP contribution >= 0.6 is 11.5 Å². The standard InChI is InChI=1S/C8H14N4OS/c1-4(2)3-11-8-5(7(10)13)6(9)12-14-8/h4,11H,3H2,1-2H3,(H2,9,12)(H2,10,13). The van der Waals surface area contributed by atoms with E-state index in [0.29, 0.717) is 16.5 Å². The molecule has 14 heavy (non-hydrogen) atoms. The van der Waals surface area contributed by atoms with E-state index >= 15 is 0 Å². The van der Waals surface area contributed by atoms with E-state index in [-0.39, 0.29) is 5.82 Å². The van der Waals surface area contributed by atoms with Gasteiger partial charge in [-0.25, -0.2) is 0 Å². The highest BCUT2D eigenvalue weighted by atomic mass is 32.1. The minimum atomic E-state index is -0.539. The fourth-order valence-corrected chi connectivity index (χ4v) is 1.68. The number of amides is 1. The molecule has 5 N–H and O–H groups in total. The maximum absolute atomic E-state index is 11.0. The van der Waals surface area contributed by atoms with Crippen LogP contribution in [0.1, 0.15) is 24.2 Å². The van der Waals surface area contributed by atoms with Gasteiger partial charge in [0.2, 0.25) is 0 Å². The number of primary amides is 1. The van der Waals surface area contributed by atoms with Gasteiger partial charge in [-0.1, -0.05) is 13.8 Å². The van der Waals surface area contributed by atoms with Gasteiger partial charge in [-0.05, 0) is 17.5 Å². The number of anilines is 2. The van der Waals surface area contributed by atoms with Crippen LogP contribution in [-0.2, 0) is 0 Å². The predicted octanol–water partition coefficient (Wildman–Crippen LogP) is 0.892. The van der Waals surface area contributed by atoms with E-state index in [4.69, 9.17) is 11.5 Å². The second kappa shape index (κ2) is 4.28. The van der Waals surface area contributed by atoms with Crippen LogP contribution in [0.3, 0.4) is 0 Å². The van der Waals surface area contributed by atoms with Crippen LogP contribution in [0.15, 0.2) is 0 Å². The number of rotatable bonds is 4. The second-order valence-corrected chi connectivity index (χ2v) is 4.18. The summed E-state index contributed by atoms with van der Waals surface area (Å²) in [6, 6.07) is 0. The van der Waals surface area contributed by atoms with Crippen molar-refractivity contribution in [1.29, 1.82) is 0 Å². The lowest BCUT2D eigenvalue weighted by atomic mass is 10.2. The molecular weight excluding hydrogens is 200 g/mol. The number of hydrogen-bond acceptors (Lipinski definition) is 5. The third-order valence-electron chi connectivity index (χ3n) is 1.64. The second-order valence-electron chi connectivity index (χ2n) is 3.41. The number of aromatic nitrogens is 1.